The first-order valence-electron chi connectivity index (χ1n) is 10.8. The summed E-state index contributed by atoms with van der Waals surface area (Å²) in [4.78, 5) is 0. The fourth-order valence-corrected chi connectivity index (χ4v) is 4.98. The SMILES string of the molecule is COc1cccc(C(C)S(=O)(=O)Nc2nnc([C@@H]3CCCO3)n2-c2c(OC)cccc2OC)c1. The van der Waals surface area contributed by atoms with Crippen LogP contribution in [0.1, 0.15) is 42.5 Å². The van der Waals surface area contributed by atoms with Gasteiger partial charge in [0, 0.05) is 6.61 Å². The third-order valence-corrected chi connectivity index (χ3v) is 7.46. The number of rotatable bonds is 9. The molecule has 2 atom stereocenters. The van der Waals surface area contributed by atoms with Crippen molar-refractivity contribution in [3.05, 3.63) is 53.9 Å². The van der Waals surface area contributed by atoms with Crippen molar-refractivity contribution in [2.24, 2.45) is 0 Å². The molecule has 1 aromatic heterocycles. The fraction of sp³-hybridized carbons (Fsp3) is 0.391. The number of benzene rings is 2. The number of nitrogens with zero attached hydrogens (tertiary/aromatic N) is 3. The molecule has 11 heteroatoms. The van der Waals surface area contributed by atoms with Crippen LogP contribution in [0.4, 0.5) is 5.95 Å². The number of sulfonamides is 1. The molecule has 10 nitrogen and oxygen atoms in total. The van der Waals surface area contributed by atoms with Gasteiger partial charge < -0.3 is 18.9 Å². The van der Waals surface area contributed by atoms with Crippen LogP contribution in [0, 0.1) is 0 Å². The topological polar surface area (TPSA) is 114 Å². The zero-order valence-electron chi connectivity index (χ0n) is 19.5. The lowest BCUT2D eigenvalue weighted by Crippen LogP contribution is -2.22. The number of ether oxygens (including phenoxy) is 4. The van der Waals surface area contributed by atoms with Gasteiger partial charge in [0.15, 0.2) is 5.82 Å². The zero-order chi connectivity index (χ0) is 24.3. The first-order valence-corrected chi connectivity index (χ1v) is 12.4. The Balaban J connectivity index is 1.80. The van der Waals surface area contributed by atoms with Crippen molar-refractivity contribution in [2.45, 2.75) is 31.1 Å². The summed E-state index contributed by atoms with van der Waals surface area (Å²) in [6, 6.07) is 12.2. The standard InChI is InChI=1S/C23H28N4O6S/c1-15(16-8-5-9-17(14-16)30-2)34(28,29)26-23-25-24-22(20-12-7-13-33-20)27(23)21-18(31-3)10-6-11-19(21)32-4/h5-6,8-11,14-15,20H,7,12-13H2,1-4H3,(H,25,26)/t15?,20-/m0/s1. The molecule has 0 saturated carbocycles. The van der Waals surface area contributed by atoms with Gasteiger partial charge in [-0.25, -0.2) is 8.42 Å². The Labute approximate surface area is 198 Å². The van der Waals surface area contributed by atoms with Crippen molar-refractivity contribution in [1.29, 1.82) is 0 Å². The Hall–Kier alpha value is -3.31. The Bertz CT molecular complexity index is 1230. The predicted octanol–water partition coefficient (Wildman–Crippen LogP) is 3.65. The first-order chi connectivity index (χ1) is 16.4. The summed E-state index contributed by atoms with van der Waals surface area (Å²) in [6.45, 7) is 2.19. The van der Waals surface area contributed by atoms with E-state index in [-0.39, 0.29) is 12.1 Å². The highest BCUT2D eigenvalue weighted by Crippen LogP contribution is 2.39. The summed E-state index contributed by atoms with van der Waals surface area (Å²) in [7, 11) is 0.673. The van der Waals surface area contributed by atoms with E-state index in [1.807, 2.05) is 0 Å². The lowest BCUT2D eigenvalue weighted by atomic mass is 10.1. The largest absolute Gasteiger partial charge is 0.497 e. The van der Waals surface area contributed by atoms with Gasteiger partial charge in [0.1, 0.15) is 34.3 Å². The summed E-state index contributed by atoms with van der Waals surface area (Å²) in [5, 5.41) is 7.60. The molecule has 34 heavy (non-hydrogen) atoms. The van der Waals surface area contributed by atoms with E-state index in [0.717, 1.165) is 12.8 Å². The van der Waals surface area contributed by atoms with E-state index < -0.39 is 15.3 Å². The Kier molecular flexibility index (Phi) is 6.94. The van der Waals surface area contributed by atoms with Gasteiger partial charge in [0.05, 0.1) is 21.3 Å². The maximum atomic E-state index is 13.4. The molecule has 0 amide bonds. The van der Waals surface area contributed by atoms with Gasteiger partial charge >= 0.3 is 0 Å². The van der Waals surface area contributed by atoms with Crippen molar-refractivity contribution >= 4 is 16.0 Å². The molecule has 4 rings (SSSR count). The van der Waals surface area contributed by atoms with Gasteiger partial charge in [-0.15, -0.1) is 10.2 Å². The maximum absolute atomic E-state index is 13.4. The van der Waals surface area contributed by atoms with Gasteiger partial charge in [-0.1, -0.05) is 18.2 Å². The van der Waals surface area contributed by atoms with Crippen molar-refractivity contribution in [3.8, 4) is 22.9 Å². The maximum Gasteiger partial charge on any atom is 0.243 e. The van der Waals surface area contributed by atoms with E-state index in [2.05, 4.69) is 14.9 Å². The van der Waals surface area contributed by atoms with Crippen LogP contribution in [-0.4, -0.2) is 51.1 Å². The summed E-state index contributed by atoms with van der Waals surface area (Å²) in [5.74, 6) is 2.00. The molecule has 1 N–H and O–H groups in total. The summed E-state index contributed by atoms with van der Waals surface area (Å²) in [6.07, 6.45) is 1.27. The van der Waals surface area contributed by atoms with Crippen LogP contribution in [0.3, 0.4) is 0 Å². The lowest BCUT2D eigenvalue weighted by Gasteiger charge is -2.20. The zero-order valence-corrected chi connectivity index (χ0v) is 20.3. The molecule has 1 saturated heterocycles. The third-order valence-electron chi connectivity index (χ3n) is 5.79. The van der Waals surface area contributed by atoms with Crippen LogP contribution in [0.2, 0.25) is 0 Å². The Morgan fingerprint density at radius 3 is 2.38 bits per heavy atom. The van der Waals surface area contributed by atoms with Crippen LogP contribution in [-0.2, 0) is 14.8 Å². The molecule has 0 aliphatic carbocycles. The highest BCUT2D eigenvalue weighted by molar-refractivity contribution is 7.92. The van der Waals surface area contributed by atoms with E-state index >= 15 is 0 Å². The predicted molar refractivity (Wildman–Crippen MR) is 126 cm³/mol. The smallest absolute Gasteiger partial charge is 0.243 e. The average molecular weight is 489 g/mol. The van der Waals surface area contributed by atoms with Crippen molar-refractivity contribution in [3.63, 3.8) is 0 Å². The molecule has 3 aromatic rings. The monoisotopic (exact) mass is 488 g/mol. The molecular formula is C23H28N4O6S. The fourth-order valence-electron chi connectivity index (χ4n) is 3.91. The highest BCUT2D eigenvalue weighted by Gasteiger charge is 2.32. The third kappa shape index (κ3) is 4.53. The normalized spacial score (nSPS) is 16.8. The van der Waals surface area contributed by atoms with E-state index in [1.54, 1.807) is 54.0 Å². The van der Waals surface area contributed by atoms with Gasteiger partial charge in [-0.2, -0.15) is 0 Å². The molecule has 0 bridgehead atoms. The number of aromatic nitrogens is 3. The number of anilines is 1. The van der Waals surface area contributed by atoms with Crippen LogP contribution in [0.5, 0.6) is 17.2 Å². The van der Waals surface area contributed by atoms with Crippen molar-refractivity contribution < 1.29 is 27.4 Å². The second kappa shape index (κ2) is 9.90. The number of hydrogen-bond donors (Lipinski definition) is 1. The lowest BCUT2D eigenvalue weighted by molar-refractivity contribution is 0.103. The molecule has 1 unspecified atom stereocenters. The molecule has 1 aliphatic heterocycles. The molecule has 2 heterocycles. The molecule has 0 spiro atoms. The average Bonchev–Trinajstić information content (AvgIpc) is 3.52. The van der Waals surface area contributed by atoms with Crippen molar-refractivity contribution in [2.75, 3.05) is 32.7 Å². The minimum atomic E-state index is -3.92. The molecular weight excluding hydrogens is 460 g/mol. The van der Waals surface area contributed by atoms with E-state index in [9.17, 15) is 8.42 Å². The van der Waals surface area contributed by atoms with Crippen LogP contribution in [0.25, 0.3) is 5.69 Å². The summed E-state index contributed by atoms with van der Waals surface area (Å²) < 4.78 is 53.2. The molecule has 1 fully saturated rings. The number of nitrogens with one attached hydrogen (secondary N) is 1. The summed E-state index contributed by atoms with van der Waals surface area (Å²) in [5.41, 5.74) is 1.06. The first kappa shape index (κ1) is 23.8. The van der Waals surface area contributed by atoms with Crippen LogP contribution < -0.4 is 18.9 Å². The van der Waals surface area contributed by atoms with Gasteiger partial charge in [-0.3, -0.25) is 9.29 Å². The molecule has 2 aromatic carbocycles. The van der Waals surface area contributed by atoms with E-state index in [1.165, 1.54) is 21.3 Å². The minimum Gasteiger partial charge on any atom is -0.497 e. The molecule has 1 aliphatic rings. The van der Waals surface area contributed by atoms with Gasteiger partial charge in [-0.05, 0) is 49.6 Å². The quantitative estimate of drug-likeness (QED) is 0.486. The van der Waals surface area contributed by atoms with E-state index in [0.29, 0.717) is 40.9 Å². The van der Waals surface area contributed by atoms with Crippen LogP contribution >= 0.6 is 0 Å². The second-order valence-electron chi connectivity index (χ2n) is 7.80. The Morgan fingerprint density at radius 1 is 1.06 bits per heavy atom. The van der Waals surface area contributed by atoms with Gasteiger partial charge in [0.25, 0.3) is 0 Å². The summed E-state index contributed by atoms with van der Waals surface area (Å²) >= 11 is 0. The van der Waals surface area contributed by atoms with E-state index in [4.69, 9.17) is 18.9 Å². The Morgan fingerprint density at radius 2 is 1.76 bits per heavy atom. The second-order valence-corrected chi connectivity index (χ2v) is 9.80. The number of methoxy groups -OCH3 is 3. The minimum absolute atomic E-state index is 0.0167. The van der Waals surface area contributed by atoms with Crippen LogP contribution in [0.15, 0.2) is 42.5 Å². The number of para-hydroxylation sites is 1. The van der Waals surface area contributed by atoms with Gasteiger partial charge in [0.2, 0.25) is 16.0 Å². The van der Waals surface area contributed by atoms with Crippen molar-refractivity contribution in [1.82, 2.24) is 14.8 Å². The highest BCUT2D eigenvalue weighted by atomic mass is 32.2. The molecule has 182 valence electrons. The molecule has 0 radical (unpaired) electrons. The number of hydrogen-bond acceptors (Lipinski definition) is 8.